The Morgan fingerprint density at radius 1 is 1.12 bits per heavy atom. The number of rotatable bonds is 4. The van der Waals surface area contributed by atoms with E-state index in [1.807, 2.05) is 24.5 Å². The smallest absolute Gasteiger partial charge is 0.228 e. The lowest BCUT2D eigenvalue weighted by Gasteiger charge is -2.38. The Labute approximate surface area is 155 Å². The van der Waals surface area contributed by atoms with Gasteiger partial charge in [0.15, 0.2) is 0 Å². The highest BCUT2D eigenvalue weighted by molar-refractivity contribution is 5.80. The summed E-state index contributed by atoms with van der Waals surface area (Å²) in [6.45, 7) is 6.34. The van der Waals surface area contributed by atoms with Crippen LogP contribution in [0.25, 0.3) is 0 Å². The van der Waals surface area contributed by atoms with Gasteiger partial charge in [0, 0.05) is 50.9 Å². The Kier molecular flexibility index (Phi) is 5.70. The number of amides is 1. The van der Waals surface area contributed by atoms with Gasteiger partial charge < -0.3 is 19.9 Å². The van der Waals surface area contributed by atoms with Gasteiger partial charge in [-0.25, -0.2) is 0 Å². The lowest BCUT2D eigenvalue weighted by molar-refractivity contribution is -0.138. The summed E-state index contributed by atoms with van der Waals surface area (Å²) in [6.07, 6.45) is 8.15. The van der Waals surface area contributed by atoms with Crippen LogP contribution in [0, 0.1) is 11.8 Å². The summed E-state index contributed by atoms with van der Waals surface area (Å²) in [5.74, 6) is 1.09. The number of ether oxygens (including phenoxy) is 1. The van der Waals surface area contributed by atoms with E-state index in [0.717, 1.165) is 58.7 Å². The van der Waals surface area contributed by atoms with Crippen LogP contribution in [0.1, 0.15) is 25.7 Å². The van der Waals surface area contributed by atoms with Gasteiger partial charge in [-0.1, -0.05) is 0 Å². The van der Waals surface area contributed by atoms with E-state index in [2.05, 4.69) is 20.1 Å². The second kappa shape index (κ2) is 8.35. The number of anilines is 1. The average Bonchev–Trinajstić information content (AvgIpc) is 3.17. The fourth-order valence-electron chi connectivity index (χ4n) is 4.58. The van der Waals surface area contributed by atoms with Crippen molar-refractivity contribution in [2.24, 2.45) is 11.8 Å². The van der Waals surface area contributed by atoms with Crippen LogP contribution in [-0.2, 0) is 9.53 Å². The maximum absolute atomic E-state index is 13.1. The molecule has 1 amide bonds. The lowest BCUT2D eigenvalue weighted by Crippen LogP contribution is -2.51. The van der Waals surface area contributed by atoms with Crippen molar-refractivity contribution in [2.75, 3.05) is 50.8 Å². The molecule has 4 rings (SSSR count). The van der Waals surface area contributed by atoms with Gasteiger partial charge in [0.2, 0.25) is 5.91 Å². The molecule has 4 heterocycles. The second-order valence-electron chi connectivity index (χ2n) is 7.75. The van der Waals surface area contributed by atoms with Crippen LogP contribution >= 0.6 is 0 Å². The molecule has 3 saturated heterocycles. The molecule has 0 radical (unpaired) electrons. The van der Waals surface area contributed by atoms with Crippen LogP contribution in [0.5, 0.6) is 0 Å². The molecule has 0 bridgehead atoms. The summed E-state index contributed by atoms with van der Waals surface area (Å²) in [5, 5.41) is 3.42. The van der Waals surface area contributed by atoms with Gasteiger partial charge in [-0.3, -0.25) is 9.78 Å². The first-order chi connectivity index (χ1) is 12.8. The quantitative estimate of drug-likeness (QED) is 0.884. The third kappa shape index (κ3) is 4.01. The number of hydrogen-bond donors (Lipinski definition) is 1. The van der Waals surface area contributed by atoms with E-state index in [1.165, 1.54) is 18.5 Å². The van der Waals surface area contributed by atoms with Gasteiger partial charge in [0.25, 0.3) is 0 Å². The summed E-state index contributed by atoms with van der Waals surface area (Å²) < 4.78 is 5.99. The number of piperidine rings is 1. The molecule has 1 aromatic heterocycles. The van der Waals surface area contributed by atoms with Crippen LogP contribution in [0.3, 0.4) is 0 Å². The van der Waals surface area contributed by atoms with Gasteiger partial charge in [0.1, 0.15) is 0 Å². The largest absolute Gasteiger partial charge is 0.377 e. The third-order valence-corrected chi connectivity index (χ3v) is 6.17. The normalized spacial score (nSPS) is 27.7. The van der Waals surface area contributed by atoms with E-state index in [-0.39, 0.29) is 12.0 Å². The molecule has 142 valence electrons. The molecule has 0 aromatic carbocycles. The van der Waals surface area contributed by atoms with Crippen LogP contribution in [0.4, 0.5) is 5.69 Å². The fourth-order valence-corrected chi connectivity index (χ4v) is 4.58. The van der Waals surface area contributed by atoms with Gasteiger partial charge in [0.05, 0.1) is 12.0 Å². The Morgan fingerprint density at radius 2 is 1.85 bits per heavy atom. The van der Waals surface area contributed by atoms with E-state index in [4.69, 9.17) is 4.74 Å². The minimum Gasteiger partial charge on any atom is -0.377 e. The van der Waals surface area contributed by atoms with Gasteiger partial charge in [-0.2, -0.15) is 0 Å². The first-order valence-electron chi connectivity index (χ1n) is 10.1. The SMILES string of the molecule is O=C([C@@H]1CCO[C@@H]1CC1CCNCC1)N1CCN(c2ccncc2)CC1. The van der Waals surface area contributed by atoms with Crippen LogP contribution < -0.4 is 10.2 Å². The molecule has 6 nitrogen and oxygen atoms in total. The molecule has 3 aliphatic rings. The Balaban J connectivity index is 1.31. The molecule has 1 N–H and O–H groups in total. The van der Waals surface area contributed by atoms with E-state index < -0.39 is 0 Å². The predicted octanol–water partition coefficient (Wildman–Crippen LogP) is 1.52. The van der Waals surface area contributed by atoms with Crippen LogP contribution in [-0.4, -0.2) is 67.8 Å². The van der Waals surface area contributed by atoms with Crippen molar-refractivity contribution >= 4 is 11.6 Å². The molecule has 3 fully saturated rings. The molecule has 1 aromatic rings. The van der Waals surface area contributed by atoms with Crippen molar-refractivity contribution in [1.29, 1.82) is 0 Å². The molecule has 0 saturated carbocycles. The van der Waals surface area contributed by atoms with E-state index in [1.54, 1.807) is 0 Å². The summed E-state index contributed by atoms with van der Waals surface area (Å²) >= 11 is 0. The number of nitrogens with zero attached hydrogens (tertiary/aromatic N) is 3. The number of pyridine rings is 1. The van der Waals surface area contributed by atoms with Crippen molar-refractivity contribution in [1.82, 2.24) is 15.2 Å². The Hall–Kier alpha value is -1.66. The first kappa shape index (κ1) is 17.7. The number of piperazine rings is 1. The molecule has 0 spiro atoms. The van der Waals surface area contributed by atoms with E-state index in [0.29, 0.717) is 11.8 Å². The lowest BCUT2D eigenvalue weighted by atomic mass is 9.86. The van der Waals surface area contributed by atoms with Gasteiger partial charge in [-0.05, 0) is 56.8 Å². The maximum atomic E-state index is 13.1. The highest BCUT2D eigenvalue weighted by Crippen LogP contribution is 2.31. The van der Waals surface area contributed by atoms with Crippen molar-refractivity contribution in [3.05, 3.63) is 24.5 Å². The standard InChI is InChI=1S/C20H30N4O2/c25-20(18-5-14-26-19(18)15-16-1-6-21-7-2-16)24-12-10-23(11-13-24)17-3-8-22-9-4-17/h3-4,8-9,16,18-19,21H,1-2,5-7,10-15H2/t18-,19-/m1/s1. The van der Waals surface area contributed by atoms with Crippen LogP contribution in [0.15, 0.2) is 24.5 Å². The van der Waals surface area contributed by atoms with E-state index in [9.17, 15) is 4.79 Å². The number of nitrogens with one attached hydrogen (secondary N) is 1. The third-order valence-electron chi connectivity index (χ3n) is 6.17. The molecule has 0 unspecified atom stereocenters. The second-order valence-corrected chi connectivity index (χ2v) is 7.75. The zero-order valence-corrected chi connectivity index (χ0v) is 15.5. The van der Waals surface area contributed by atoms with Crippen LogP contribution in [0.2, 0.25) is 0 Å². The molecular formula is C20H30N4O2. The van der Waals surface area contributed by atoms with Gasteiger partial charge >= 0.3 is 0 Å². The number of hydrogen-bond acceptors (Lipinski definition) is 5. The minimum absolute atomic E-state index is 0.0670. The van der Waals surface area contributed by atoms with Crippen molar-refractivity contribution < 1.29 is 9.53 Å². The summed E-state index contributed by atoms with van der Waals surface area (Å²) in [7, 11) is 0. The zero-order chi connectivity index (χ0) is 17.8. The summed E-state index contributed by atoms with van der Waals surface area (Å²) in [4.78, 5) is 21.6. The molecule has 26 heavy (non-hydrogen) atoms. The van der Waals surface area contributed by atoms with Crippen molar-refractivity contribution in [3.63, 3.8) is 0 Å². The van der Waals surface area contributed by atoms with Crippen molar-refractivity contribution in [3.8, 4) is 0 Å². The molecular weight excluding hydrogens is 328 g/mol. The average molecular weight is 358 g/mol. The van der Waals surface area contributed by atoms with E-state index >= 15 is 0 Å². The molecule has 2 atom stereocenters. The maximum Gasteiger partial charge on any atom is 0.228 e. The van der Waals surface area contributed by atoms with Gasteiger partial charge in [-0.15, -0.1) is 0 Å². The molecule has 3 aliphatic heterocycles. The highest BCUT2D eigenvalue weighted by atomic mass is 16.5. The minimum atomic E-state index is 0.0670. The number of aromatic nitrogens is 1. The molecule has 0 aliphatic carbocycles. The topological polar surface area (TPSA) is 57.7 Å². The Bertz CT molecular complexity index is 583. The summed E-state index contributed by atoms with van der Waals surface area (Å²) in [5.41, 5.74) is 1.19. The number of carbonyl (C=O) groups excluding carboxylic acids is 1. The monoisotopic (exact) mass is 358 g/mol. The Morgan fingerprint density at radius 3 is 2.58 bits per heavy atom. The molecule has 6 heteroatoms. The predicted molar refractivity (Wildman–Crippen MR) is 101 cm³/mol. The highest BCUT2D eigenvalue weighted by Gasteiger charge is 2.38. The number of carbonyl (C=O) groups is 1. The fraction of sp³-hybridized carbons (Fsp3) is 0.700. The van der Waals surface area contributed by atoms with Crippen molar-refractivity contribution in [2.45, 2.75) is 31.8 Å². The zero-order valence-electron chi connectivity index (χ0n) is 15.5. The first-order valence-corrected chi connectivity index (χ1v) is 10.1. The summed E-state index contributed by atoms with van der Waals surface area (Å²) in [6, 6.07) is 4.08.